The minimum Gasteiger partial charge on any atom is -0.352 e. The fraction of sp³-hybridized carbons (Fsp3) is 0.333. The van der Waals surface area contributed by atoms with Crippen molar-refractivity contribution in [1.82, 2.24) is 15.6 Å². The van der Waals surface area contributed by atoms with E-state index in [0.717, 1.165) is 37.0 Å². The van der Waals surface area contributed by atoms with Crippen molar-refractivity contribution in [2.75, 3.05) is 19.6 Å². The van der Waals surface area contributed by atoms with Gasteiger partial charge in [0.05, 0.1) is 5.52 Å². The van der Waals surface area contributed by atoms with Crippen molar-refractivity contribution in [3.05, 3.63) is 42.1 Å². The second-order valence-electron chi connectivity index (χ2n) is 4.98. The molecule has 1 fully saturated rings. The van der Waals surface area contributed by atoms with E-state index in [4.69, 9.17) is 0 Å². The number of fused-ring (bicyclic) bond motifs is 1. The van der Waals surface area contributed by atoms with E-state index in [-0.39, 0.29) is 30.7 Å². The summed E-state index contributed by atoms with van der Waals surface area (Å²) >= 11 is 0. The molecule has 2 heterocycles. The summed E-state index contributed by atoms with van der Waals surface area (Å²) in [5.74, 6) is 0.559. The van der Waals surface area contributed by atoms with Crippen LogP contribution in [0.5, 0.6) is 0 Å². The molecule has 1 aliphatic heterocycles. The molecule has 21 heavy (non-hydrogen) atoms. The van der Waals surface area contributed by atoms with Crippen LogP contribution in [-0.2, 0) is 0 Å². The van der Waals surface area contributed by atoms with Gasteiger partial charge in [0.2, 0.25) is 0 Å². The third-order valence-corrected chi connectivity index (χ3v) is 3.58. The lowest BCUT2D eigenvalue weighted by Gasteiger charge is -2.10. The maximum atomic E-state index is 12.1. The fourth-order valence-corrected chi connectivity index (χ4v) is 2.44. The van der Waals surface area contributed by atoms with Gasteiger partial charge in [0.15, 0.2) is 0 Å². The third kappa shape index (κ3) is 4.30. The van der Waals surface area contributed by atoms with E-state index in [2.05, 4.69) is 15.6 Å². The molecule has 0 radical (unpaired) electrons. The Balaban J connectivity index is 0.00000110. The molecule has 0 saturated carbocycles. The Morgan fingerprint density at radius 3 is 2.95 bits per heavy atom. The van der Waals surface area contributed by atoms with Gasteiger partial charge in [-0.25, -0.2) is 0 Å². The molecule has 114 valence electrons. The molecule has 3 rings (SSSR count). The molecule has 1 saturated heterocycles. The first kappa shape index (κ1) is 17.7. The van der Waals surface area contributed by atoms with Gasteiger partial charge in [0, 0.05) is 23.7 Å². The lowest BCUT2D eigenvalue weighted by atomic mass is 10.1. The first-order valence-corrected chi connectivity index (χ1v) is 6.66. The Labute approximate surface area is 136 Å². The molecular formula is C15H19Cl2N3O. The van der Waals surface area contributed by atoms with Crippen molar-refractivity contribution >= 4 is 41.6 Å². The summed E-state index contributed by atoms with van der Waals surface area (Å²) < 4.78 is 0. The Kier molecular flexibility index (Phi) is 6.89. The average molecular weight is 328 g/mol. The summed E-state index contributed by atoms with van der Waals surface area (Å²) in [6.45, 7) is 2.81. The predicted octanol–water partition coefficient (Wildman–Crippen LogP) is 2.42. The number of rotatable bonds is 3. The standard InChI is InChI=1S/C15H17N3O.2ClH/c19-15(18-10-11-5-7-16-9-11)13-3-4-14-12(8-13)2-1-6-17-14;;/h1-4,6,8,11,16H,5,7,9-10H2,(H,18,19);2*1H. The Morgan fingerprint density at radius 1 is 1.33 bits per heavy atom. The maximum Gasteiger partial charge on any atom is 0.251 e. The summed E-state index contributed by atoms with van der Waals surface area (Å²) in [4.78, 5) is 16.3. The van der Waals surface area contributed by atoms with Crippen LogP contribution in [0.4, 0.5) is 0 Å². The van der Waals surface area contributed by atoms with Crippen LogP contribution in [0, 0.1) is 5.92 Å². The molecule has 1 aromatic heterocycles. The first-order valence-electron chi connectivity index (χ1n) is 6.66. The van der Waals surface area contributed by atoms with E-state index in [1.807, 2.05) is 30.3 Å². The van der Waals surface area contributed by atoms with Crippen molar-refractivity contribution in [2.24, 2.45) is 5.92 Å². The molecule has 1 atom stereocenters. The molecule has 1 aliphatic rings. The molecule has 1 amide bonds. The smallest absolute Gasteiger partial charge is 0.251 e. The number of nitrogens with zero attached hydrogens (tertiary/aromatic N) is 1. The monoisotopic (exact) mass is 327 g/mol. The predicted molar refractivity (Wildman–Crippen MR) is 89.5 cm³/mol. The van der Waals surface area contributed by atoms with Crippen molar-refractivity contribution in [3.8, 4) is 0 Å². The molecule has 0 aliphatic carbocycles. The number of aromatic nitrogens is 1. The molecule has 0 spiro atoms. The van der Waals surface area contributed by atoms with Crippen molar-refractivity contribution in [3.63, 3.8) is 0 Å². The summed E-state index contributed by atoms with van der Waals surface area (Å²) in [5, 5.41) is 7.30. The number of halogens is 2. The van der Waals surface area contributed by atoms with Crippen molar-refractivity contribution < 1.29 is 4.79 Å². The van der Waals surface area contributed by atoms with E-state index < -0.39 is 0 Å². The molecule has 0 bridgehead atoms. The van der Waals surface area contributed by atoms with Crippen LogP contribution in [0.25, 0.3) is 10.9 Å². The lowest BCUT2D eigenvalue weighted by Crippen LogP contribution is -2.30. The van der Waals surface area contributed by atoms with E-state index in [1.165, 1.54) is 0 Å². The zero-order valence-corrected chi connectivity index (χ0v) is 13.2. The average Bonchev–Trinajstić information content (AvgIpc) is 2.97. The lowest BCUT2D eigenvalue weighted by molar-refractivity contribution is 0.0948. The molecule has 4 nitrogen and oxygen atoms in total. The van der Waals surface area contributed by atoms with E-state index >= 15 is 0 Å². The number of hydrogen-bond acceptors (Lipinski definition) is 3. The number of benzene rings is 1. The van der Waals surface area contributed by atoms with Gasteiger partial charge in [-0.05, 0) is 49.7 Å². The number of amides is 1. The summed E-state index contributed by atoms with van der Waals surface area (Å²) in [7, 11) is 0. The van der Waals surface area contributed by atoms with E-state index in [9.17, 15) is 4.79 Å². The quantitative estimate of drug-likeness (QED) is 0.910. The SMILES string of the molecule is Cl.Cl.O=C(NCC1CCNC1)c1ccc2ncccc2c1. The minimum absolute atomic E-state index is 0. The second-order valence-corrected chi connectivity index (χ2v) is 4.98. The number of pyridine rings is 1. The minimum atomic E-state index is -0.00217. The van der Waals surface area contributed by atoms with Crippen LogP contribution in [0.3, 0.4) is 0 Å². The van der Waals surface area contributed by atoms with Gasteiger partial charge in [-0.1, -0.05) is 6.07 Å². The maximum absolute atomic E-state index is 12.1. The van der Waals surface area contributed by atoms with E-state index in [1.54, 1.807) is 6.20 Å². The normalized spacial score (nSPS) is 16.9. The molecule has 2 aromatic rings. The van der Waals surface area contributed by atoms with Crippen molar-refractivity contribution in [2.45, 2.75) is 6.42 Å². The fourth-order valence-electron chi connectivity index (χ4n) is 2.44. The van der Waals surface area contributed by atoms with Crippen LogP contribution >= 0.6 is 24.8 Å². The molecular weight excluding hydrogens is 309 g/mol. The number of nitrogens with one attached hydrogen (secondary N) is 2. The highest BCUT2D eigenvalue weighted by Crippen LogP contribution is 2.13. The largest absolute Gasteiger partial charge is 0.352 e. The Bertz CT molecular complexity index is 600. The van der Waals surface area contributed by atoms with Crippen LogP contribution in [-0.4, -0.2) is 30.5 Å². The van der Waals surface area contributed by atoms with Gasteiger partial charge in [-0.15, -0.1) is 24.8 Å². The van der Waals surface area contributed by atoms with Crippen LogP contribution in [0.15, 0.2) is 36.5 Å². The highest BCUT2D eigenvalue weighted by Gasteiger charge is 2.15. The summed E-state index contributed by atoms with van der Waals surface area (Å²) in [6.07, 6.45) is 2.90. The first-order chi connectivity index (χ1) is 9.33. The van der Waals surface area contributed by atoms with Gasteiger partial charge < -0.3 is 10.6 Å². The Morgan fingerprint density at radius 2 is 2.19 bits per heavy atom. The van der Waals surface area contributed by atoms with Gasteiger partial charge in [-0.3, -0.25) is 9.78 Å². The Hall–Kier alpha value is -1.36. The second kappa shape index (κ2) is 8.17. The molecule has 1 unspecified atom stereocenters. The number of carbonyl (C=O) groups is 1. The van der Waals surface area contributed by atoms with Crippen molar-refractivity contribution in [1.29, 1.82) is 0 Å². The molecule has 1 aromatic carbocycles. The zero-order valence-electron chi connectivity index (χ0n) is 11.5. The molecule has 2 N–H and O–H groups in total. The number of hydrogen-bond donors (Lipinski definition) is 2. The summed E-state index contributed by atoms with van der Waals surface area (Å²) in [5.41, 5.74) is 1.62. The van der Waals surface area contributed by atoms with Gasteiger partial charge in [0.25, 0.3) is 5.91 Å². The van der Waals surface area contributed by atoms with E-state index in [0.29, 0.717) is 11.5 Å². The molecule has 6 heteroatoms. The highest BCUT2D eigenvalue weighted by molar-refractivity contribution is 5.97. The number of carbonyl (C=O) groups excluding carboxylic acids is 1. The van der Waals surface area contributed by atoms with Gasteiger partial charge in [-0.2, -0.15) is 0 Å². The van der Waals surface area contributed by atoms with Crippen LogP contribution in [0.1, 0.15) is 16.8 Å². The highest BCUT2D eigenvalue weighted by atomic mass is 35.5. The topological polar surface area (TPSA) is 54.0 Å². The zero-order chi connectivity index (χ0) is 13.1. The van der Waals surface area contributed by atoms with Crippen LogP contribution in [0.2, 0.25) is 0 Å². The van der Waals surface area contributed by atoms with Crippen LogP contribution < -0.4 is 10.6 Å². The summed E-state index contributed by atoms with van der Waals surface area (Å²) in [6, 6.07) is 9.47. The van der Waals surface area contributed by atoms with Gasteiger partial charge >= 0.3 is 0 Å². The van der Waals surface area contributed by atoms with Gasteiger partial charge in [0.1, 0.15) is 0 Å². The third-order valence-electron chi connectivity index (χ3n) is 3.58.